The van der Waals surface area contributed by atoms with E-state index in [0.717, 1.165) is 37.6 Å². The minimum absolute atomic E-state index is 0.105. The van der Waals surface area contributed by atoms with Crippen LogP contribution in [0.15, 0.2) is 47.6 Å². The average Bonchev–Trinajstić information content (AvgIpc) is 2.92. The molecule has 0 spiro atoms. The maximum atomic E-state index is 12.9. The van der Waals surface area contributed by atoms with Crippen LogP contribution in [0.5, 0.6) is 0 Å². The minimum atomic E-state index is -0.167. The molecule has 3 heterocycles. The maximum absolute atomic E-state index is 12.9. The van der Waals surface area contributed by atoms with E-state index in [-0.39, 0.29) is 29.1 Å². The van der Waals surface area contributed by atoms with Crippen molar-refractivity contribution >= 4 is 35.1 Å². The number of nitriles is 1. The van der Waals surface area contributed by atoms with Gasteiger partial charge < -0.3 is 20.9 Å². The fourth-order valence-electron chi connectivity index (χ4n) is 4.36. The van der Waals surface area contributed by atoms with Crippen molar-refractivity contribution in [3.63, 3.8) is 0 Å². The third-order valence-corrected chi connectivity index (χ3v) is 7.35. The molecule has 1 saturated heterocycles. The fourth-order valence-corrected chi connectivity index (χ4v) is 5.11. The number of carbonyl (C=O) groups is 2. The number of thioether (sulfide) groups is 1. The number of nitrogens with two attached hydrogens (primary N) is 1. The average molecular weight is 545 g/mol. The second-order valence-corrected chi connectivity index (χ2v) is 10.6. The van der Waals surface area contributed by atoms with Crippen molar-refractivity contribution in [1.29, 1.82) is 5.26 Å². The molecule has 3 N–H and O–H groups in total. The Kier molecular flexibility index (Phi) is 9.11. The van der Waals surface area contributed by atoms with Crippen molar-refractivity contribution in [3.05, 3.63) is 59.4 Å². The molecule has 4 rings (SSSR count). The van der Waals surface area contributed by atoms with Crippen molar-refractivity contribution < 1.29 is 9.59 Å². The first-order valence-corrected chi connectivity index (χ1v) is 13.7. The number of anilines is 2. The lowest BCUT2D eigenvalue weighted by molar-refractivity contribution is -0.136. The summed E-state index contributed by atoms with van der Waals surface area (Å²) < 4.78 is 0. The zero-order chi connectivity index (χ0) is 27.9. The van der Waals surface area contributed by atoms with Gasteiger partial charge in [-0.15, -0.1) is 0 Å². The van der Waals surface area contributed by atoms with E-state index in [1.165, 1.54) is 18.7 Å². The Morgan fingerprint density at radius 1 is 1.08 bits per heavy atom. The van der Waals surface area contributed by atoms with Crippen LogP contribution in [0.3, 0.4) is 0 Å². The van der Waals surface area contributed by atoms with Gasteiger partial charge in [0.05, 0.1) is 11.4 Å². The van der Waals surface area contributed by atoms with Crippen molar-refractivity contribution in [2.75, 3.05) is 44.3 Å². The topological polar surface area (TPSA) is 141 Å². The number of pyridine rings is 1. The molecule has 39 heavy (non-hydrogen) atoms. The summed E-state index contributed by atoms with van der Waals surface area (Å²) in [4.78, 5) is 42.1. The molecule has 1 aromatic carbocycles. The highest BCUT2D eigenvalue weighted by Crippen LogP contribution is 2.29. The first-order chi connectivity index (χ1) is 18.7. The van der Waals surface area contributed by atoms with Crippen LogP contribution in [-0.4, -0.2) is 69.8 Å². The number of aromatic nitrogens is 3. The number of rotatable bonds is 8. The van der Waals surface area contributed by atoms with Crippen LogP contribution in [0, 0.1) is 17.2 Å². The number of nitrogen functional groups attached to an aromatic ring is 1. The number of amides is 2. The van der Waals surface area contributed by atoms with Gasteiger partial charge in [-0.25, -0.2) is 9.97 Å². The fraction of sp³-hybridized carbons (Fsp3) is 0.357. The van der Waals surface area contributed by atoms with E-state index in [9.17, 15) is 14.9 Å². The summed E-state index contributed by atoms with van der Waals surface area (Å²) in [5.74, 6) is 0.461. The normalized spacial score (nSPS) is 14.5. The summed E-state index contributed by atoms with van der Waals surface area (Å²) in [6.07, 6.45) is 0.572. The van der Waals surface area contributed by atoms with Crippen molar-refractivity contribution in [3.8, 4) is 17.3 Å². The van der Waals surface area contributed by atoms with Gasteiger partial charge in [-0.3, -0.25) is 14.6 Å². The molecule has 1 atom stereocenters. The quantitative estimate of drug-likeness (QED) is 0.323. The highest BCUT2D eigenvalue weighted by molar-refractivity contribution is 7.98. The third-order valence-electron chi connectivity index (χ3n) is 6.47. The summed E-state index contributed by atoms with van der Waals surface area (Å²) in [6.45, 7) is 6.72. The van der Waals surface area contributed by atoms with Gasteiger partial charge in [0.2, 0.25) is 11.8 Å². The molecule has 11 heteroatoms. The number of likely N-dealkylation sites (N-methyl/N-ethyl adjacent to an activating group) is 1. The van der Waals surface area contributed by atoms with Gasteiger partial charge in [-0.2, -0.15) is 5.26 Å². The van der Waals surface area contributed by atoms with Crippen LogP contribution >= 0.6 is 11.8 Å². The molecule has 2 aromatic heterocycles. The number of nitrogens with one attached hydrogen (secondary N) is 1. The Morgan fingerprint density at radius 3 is 2.44 bits per heavy atom. The van der Waals surface area contributed by atoms with E-state index in [0.29, 0.717) is 34.3 Å². The molecule has 1 unspecified atom stereocenters. The van der Waals surface area contributed by atoms with Gasteiger partial charge in [0.25, 0.3) is 0 Å². The second kappa shape index (κ2) is 12.7. The first kappa shape index (κ1) is 28.0. The molecule has 1 fully saturated rings. The summed E-state index contributed by atoms with van der Waals surface area (Å²) in [5, 5.41) is 12.8. The van der Waals surface area contributed by atoms with Crippen molar-refractivity contribution in [2.45, 2.75) is 31.2 Å². The number of piperazine rings is 1. The van der Waals surface area contributed by atoms with Crippen molar-refractivity contribution in [1.82, 2.24) is 24.8 Å². The first-order valence-electron chi connectivity index (χ1n) is 12.7. The lowest BCUT2D eigenvalue weighted by Crippen LogP contribution is -2.48. The van der Waals surface area contributed by atoms with E-state index in [1.54, 1.807) is 24.3 Å². The minimum Gasteiger partial charge on any atom is -0.382 e. The van der Waals surface area contributed by atoms with Crippen LogP contribution < -0.4 is 11.1 Å². The van der Waals surface area contributed by atoms with Gasteiger partial charge in [-0.1, -0.05) is 36.9 Å². The third kappa shape index (κ3) is 7.31. The van der Waals surface area contributed by atoms with E-state index in [2.05, 4.69) is 33.3 Å². The molecule has 3 aromatic rings. The van der Waals surface area contributed by atoms with Gasteiger partial charge in [0.1, 0.15) is 17.5 Å². The Hall–Kier alpha value is -4.01. The molecule has 1 aliphatic rings. The molecule has 10 nitrogen and oxygen atoms in total. The van der Waals surface area contributed by atoms with Gasteiger partial charge >= 0.3 is 0 Å². The van der Waals surface area contributed by atoms with Crippen molar-refractivity contribution in [2.24, 2.45) is 5.92 Å². The molecule has 2 amide bonds. The number of benzene rings is 1. The smallest absolute Gasteiger partial charge is 0.225 e. The van der Waals surface area contributed by atoms with Gasteiger partial charge in [0.15, 0.2) is 5.16 Å². The zero-order valence-corrected chi connectivity index (χ0v) is 23.2. The summed E-state index contributed by atoms with van der Waals surface area (Å²) in [6, 6.07) is 15.0. The Morgan fingerprint density at radius 2 is 1.77 bits per heavy atom. The highest BCUT2D eigenvalue weighted by atomic mass is 32.2. The predicted molar refractivity (Wildman–Crippen MR) is 152 cm³/mol. The van der Waals surface area contributed by atoms with E-state index in [4.69, 9.17) is 10.7 Å². The van der Waals surface area contributed by atoms with E-state index >= 15 is 0 Å². The summed E-state index contributed by atoms with van der Waals surface area (Å²) in [5.41, 5.74) is 9.78. The Balaban J connectivity index is 1.44. The van der Waals surface area contributed by atoms with Crippen LogP contribution in [-0.2, 0) is 21.8 Å². The van der Waals surface area contributed by atoms with Crippen LogP contribution in [0.4, 0.5) is 11.5 Å². The molecule has 1 aliphatic heterocycles. The number of hydrogen-bond donors (Lipinski definition) is 2. The highest BCUT2D eigenvalue weighted by Gasteiger charge is 2.24. The molecule has 202 valence electrons. The Labute approximate surface area is 232 Å². The lowest BCUT2D eigenvalue weighted by Gasteiger charge is -2.34. The molecular weight excluding hydrogens is 512 g/mol. The van der Waals surface area contributed by atoms with E-state index in [1.807, 2.05) is 30.0 Å². The number of carbonyl (C=O) groups excluding carboxylic acids is 2. The lowest BCUT2D eigenvalue weighted by atomic mass is 10.0. The standard InChI is InChI=1S/C28H32N8O2S/c1-18(27(38)36-13-11-35(3)12-14-36)15-22-5-4-6-23(32-22)17-39-28-33-25(24(16-29)26(30)34-28)20-7-9-21(10-8-20)31-19(2)37/h4-10,18H,11-15,17H2,1-3H3,(H,31,37)(H2,30,33,34). The second-order valence-electron chi connectivity index (χ2n) is 9.63. The van der Waals surface area contributed by atoms with Crippen LogP contribution in [0.25, 0.3) is 11.3 Å². The number of hydrogen-bond acceptors (Lipinski definition) is 9. The molecule has 0 saturated carbocycles. The monoisotopic (exact) mass is 544 g/mol. The van der Waals surface area contributed by atoms with Crippen LogP contribution in [0.2, 0.25) is 0 Å². The van der Waals surface area contributed by atoms with E-state index < -0.39 is 0 Å². The van der Waals surface area contributed by atoms with Gasteiger partial charge in [-0.05, 0) is 31.3 Å². The van der Waals surface area contributed by atoms with Gasteiger partial charge in [0, 0.05) is 68.1 Å². The molecule has 0 radical (unpaired) electrons. The molecular formula is C28H32N8O2S. The maximum Gasteiger partial charge on any atom is 0.225 e. The summed E-state index contributed by atoms with van der Waals surface area (Å²) >= 11 is 1.37. The molecule has 0 bridgehead atoms. The molecule has 0 aliphatic carbocycles. The van der Waals surface area contributed by atoms with Crippen LogP contribution in [0.1, 0.15) is 30.8 Å². The zero-order valence-electron chi connectivity index (χ0n) is 22.3. The Bertz CT molecular complexity index is 1380. The summed E-state index contributed by atoms with van der Waals surface area (Å²) in [7, 11) is 2.07. The predicted octanol–water partition coefficient (Wildman–Crippen LogP) is 3.20. The number of nitrogens with zero attached hydrogens (tertiary/aromatic N) is 6. The largest absolute Gasteiger partial charge is 0.382 e. The SMILES string of the molecule is CC(=O)Nc1ccc(-c2nc(SCc3cccc(CC(C)C(=O)N4CCN(C)CC4)n3)nc(N)c2C#N)cc1.